The summed E-state index contributed by atoms with van der Waals surface area (Å²) in [5, 5.41) is 2.82. The SMILES string of the molecule is Cc1ccc(OC(C)C(=O)Nc2ccc(N3CCCC(C(N)=O)C3)nc2)c(Br)c1. The molecule has 0 aliphatic carbocycles. The quantitative estimate of drug-likeness (QED) is 0.689. The van der Waals surface area contributed by atoms with Gasteiger partial charge in [0.1, 0.15) is 11.6 Å². The van der Waals surface area contributed by atoms with Gasteiger partial charge in [-0.1, -0.05) is 6.07 Å². The molecular formula is C21H25BrN4O3. The van der Waals surface area contributed by atoms with Gasteiger partial charge in [-0.25, -0.2) is 4.98 Å². The summed E-state index contributed by atoms with van der Waals surface area (Å²) < 4.78 is 6.56. The largest absolute Gasteiger partial charge is 0.480 e. The molecule has 8 heteroatoms. The zero-order valence-corrected chi connectivity index (χ0v) is 18.1. The third-order valence-electron chi connectivity index (χ3n) is 4.92. The van der Waals surface area contributed by atoms with E-state index < -0.39 is 6.10 Å². The van der Waals surface area contributed by atoms with Crippen molar-refractivity contribution < 1.29 is 14.3 Å². The highest BCUT2D eigenvalue weighted by Gasteiger charge is 2.24. The summed E-state index contributed by atoms with van der Waals surface area (Å²) in [5.74, 6) is 0.693. The number of aryl methyl sites for hydroxylation is 1. The summed E-state index contributed by atoms with van der Waals surface area (Å²) in [6.07, 6.45) is 2.65. The van der Waals surface area contributed by atoms with Gasteiger partial charge in [0.15, 0.2) is 6.10 Å². The number of rotatable bonds is 6. The first-order valence-electron chi connectivity index (χ1n) is 9.57. The summed E-state index contributed by atoms with van der Waals surface area (Å²) >= 11 is 3.45. The molecule has 2 atom stereocenters. The topological polar surface area (TPSA) is 97.5 Å². The van der Waals surface area contributed by atoms with Crippen molar-refractivity contribution in [2.45, 2.75) is 32.8 Å². The van der Waals surface area contributed by atoms with E-state index in [1.165, 1.54) is 0 Å². The Balaban J connectivity index is 1.58. The molecule has 7 nitrogen and oxygen atoms in total. The molecule has 29 heavy (non-hydrogen) atoms. The van der Waals surface area contributed by atoms with Crippen molar-refractivity contribution in [3.63, 3.8) is 0 Å². The predicted octanol–water partition coefficient (Wildman–Crippen LogP) is 3.26. The van der Waals surface area contributed by atoms with Gasteiger partial charge in [0, 0.05) is 13.1 Å². The molecule has 3 rings (SSSR count). The Morgan fingerprint density at radius 2 is 2.14 bits per heavy atom. The molecule has 2 heterocycles. The summed E-state index contributed by atoms with van der Waals surface area (Å²) in [6.45, 7) is 5.09. The van der Waals surface area contributed by atoms with E-state index in [9.17, 15) is 9.59 Å². The number of hydrogen-bond donors (Lipinski definition) is 2. The van der Waals surface area contributed by atoms with Gasteiger partial charge < -0.3 is 20.7 Å². The highest BCUT2D eigenvalue weighted by atomic mass is 79.9. The average Bonchev–Trinajstić information content (AvgIpc) is 2.70. The third-order valence-corrected chi connectivity index (χ3v) is 5.54. The van der Waals surface area contributed by atoms with Crippen molar-refractivity contribution in [2.24, 2.45) is 11.7 Å². The van der Waals surface area contributed by atoms with Crippen molar-refractivity contribution in [2.75, 3.05) is 23.3 Å². The van der Waals surface area contributed by atoms with Crippen LogP contribution in [0.1, 0.15) is 25.3 Å². The van der Waals surface area contributed by atoms with Crippen LogP contribution < -0.4 is 20.7 Å². The number of anilines is 2. The number of benzene rings is 1. The van der Waals surface area contributed by atoms with Crippen molar-refractivity contribution in [3.8, 4) is 5.75 Å². The fraction of sp³-hybridized carbons (Fsp3) is 0.381. The fourth-order valence-corrected chi connectivity index (χ4v) is 3.84. The van der Waals surface area contributed by atoms with Crippen LogP contribution in [0.15, 0.2) is 41.0 Å². The zero-order valence-electron chi connectivity index (χ0n) is 16.5. The van der Waals surface area contributed by atoms with Gasteiger partial charge >= 0.3 is 0 Å². The molecule has 1 aromatic carbocycles. The van der Waals surface area contributed by atoms with E-state index in [2.05, 4.69) is 26.2 Å². The van der Waals surface area contributed by atoms with Crippen molar-refractivity contribution in [1.29, 1.82) is 0 Å². The van der Waals surface area contributed by atoms with E-state index in [1.807, 2.05) is 36.1 Å². The average molecular weight is 461 g/mol. The maximum atomic E-state index is 12.5. The number of amides is 2. The molecule has 1 fully saturated rings. The minimum Gasteiger partial charge on any atom is -0.480 e. The number of nitrogens with two attached hydrogens (primary N) is 1. The number of nitrogens with one attached hydrogen (secondary N) is 1. The minimum atomic E-state index is -0.674. The second kappa shape index (κ2) is 9.26. The smallest absolute Gasteiger partial charge is 0.265 e. The second-order valence-electron chi connectivity index (χ2n) is 7.28. The molecule has 2 unspecified atom stereocenters. The van der Waals surface area contributed by atoms with Crippen LogP contribution in [0.4, 0.5) is 11.5 Å². The lowest BCUT2D eigenvalue weighted by Gasteiger charge is -2.32. The van der Waals surface area contributed by atoms with Crippen LogP contribution in [0.2, 0.25) is 0 Å². The summed E-state index contributed by atoms with van der Waals surface area (Å²) in [4.78, 5) is 30.4. The van der Waals surface area contributed by atoms with Gasteiger partial charge in [0.05, 0.1) is 22.3 Å². The molecule has 1 aliphatic rings. The van der Waals surface area contributed by atoms with Crippen LogP contribution >= 0.6 is 15.9 Å². The number of carbonyl (C=O) groups is 2. The van der Waals surface area contributed by atoms with E-state index >= 15 is 0 Å². The van der Waals surface area contributed by atoms with Gasteiger partial charge in [0.2, 0.25) is 5.91 Å². The monoisotopic (exact) mass is 460 g/mol. The minimum absolute atomic E-state index is 0.149. The molecular weight excluding hydrogens is 436 g/mol. The van der Waals surface area contributed by atoms with E-state index in [4.69, 9.17) is 10.5 Å². The summed E-state index contributed by atoms with van der Waals surface area (Å²) in [7, 11) is 0. The first kappa shape index (κ1) is 21.1. The van der Waals surface area contributed by atoms with Crippen LogP contribution in [0.3, 0.4) is 0 Å². The number of nitrogens with zero attached hydrogens (tertiary/aromatic N) is 2. The predicted molar refractivity (Wildman–Crippen MR) is 116 cm³/mol. The molecule has 154 valence electrons. The molecule has 0 saturated carbocycles. The lowest BCUT2D eigenvalue weighted by molar-refractivity contribution is -0.122. The van der Waals surface area contributed by atoms with Crippen LogP contribution in [-0.4, -0.2) is 36.0 Å². The Morgan fingerprint density at radius 1 is 1.34 bits per heavy atom. The van der Waals surface area contributed by atoms with E-state index in [0.29, 0.717) is 18.0 Å². The van der Waals surface area contributed by atoms with E-state index in [-0.39, 0.29) is 17.7 Å². The van der Waals surface area contributed by atoms with Crippen molar-refractivity contribution in [1.82, 2.24) is 4.98 Å². The fourth-order valence-electron chi connectivity index (χ4n) is 3.25. The number of halogens is 1. The molecule has 0 radical (unpaired) electrons. The highest BCUT2D eigenvalue weighted by molar-refractivity contribution is 9.10. The standard InChI is InChI=1S/C21H25BrN4O3/c1-13-5-7-18(17(22)10-13)29-14(2)21(28)25-16-6-8-19(24-11-16)26-9-3-4-15(12-26)20(23)27/h5-8,10-11,14-15H,3-4,9,12H2,1-2H3,(H2,23,27)(H,25,28). The maximum Gasteiger partial charge on any atom is 0.265 e. The van der Waals surface area contributed by atoms with E-state index in [1.54, 1.807) is 19.2 Å². The van der Waals surface area contributed by atoms with Crippen LogP contribution in [0.5, 0.6) is 5.75 Å². The number of carbonyl (C=O) groups excluding carboxylic acids is 2. The Bertz CT molecular complexity index is 888. The molecule has 0 bridgehead atoms. The number of hydrogen-bond acceptors (Lipinski definition) is 5. The number of pyridine rings is 1. The molecule has 2 aromatic rings. The first-order valence-corrected chi connectivity index (χ1v) is 10.4. The number of ether oxygens (including phenoxy) is 1. The summed E-state index contributed by atoms with van der Waals surface area (Å²) in [6, 6.07) is 9.32. The van der Waals surface area contributed by atoms with Gasteiger partial charge in [-0.05, 0) is 72.4 Å². The van der Waals surface area contributed by atoms with E-state index in [0.717, 1.165) is 35.2 Å². The van der Waals surface area contributed by atoms with Crippen LogP contribution in [-0.2, 0) is 9.59 Å². The Kier molecular flexibility index (Phi) is 6.74. The lowest BCUT2D eigenvalue weighted by Crippen LogP contribution is -2.41. The van der Waals surface area contributed by atoms with Crippen LogP contribution in [0, 0.1) is 12.8 Å². The van der Waals surface area contributed by atoms with Gasteiger partial charge in [-0.2, -0.15) is 0 Å². The normalized spacial score (nSPS) is 17.5. The second-order valence-corrected chi connectivity index (χ2v) is 8.13. The number of piperidine rings is 1. The number of primary amides is 1. The molecule has 1 aliphatic heterocycles. The highest BCUT2D eigenvalue weighted by Crippen LogP contribution is 2.27. The van der Waals surface area contributed by atoms with Gasteiger partial charge in [-0.3, -0.25) is 9.59 Å². The maximum absolute atomic E-state index is 12.5. The Labute approximate surface area is 178 Å². The molecule has 1 aromatic heterocycles. The third kappa shape index (κ3) is 5.47. The molecule has 0 spiro atoms. The zero-order chi connectivity index (χ0) is 21.0. The summed E-state index contributed by atoms with van der Waals surface area (Å²) in [5.41, 5.74) is 7.12. The molecule has 3 N–H and O–H groups in total. The number of aromatic nitrogens is 1. The first-order chi connectivity index (χ1) is 13.8. The van der Waals surface area contributed by atoms with Gasteiger partial charge in [0.25, 0.3) is 5.91 Å². The van der Waals surface area contributed by atoms with Gasteiger partial charge in [-0.15, -0.1) is 0 Å². The lowest BCUT2D eigenvalue weighted by atomic mass is 9.97. The molecule has 2 amide bonds. The van der Waals surface area contributed by atoms with Crippen molar-refractivity contribution in [3.05, 3.63) is 46.6 Å². The Morgan fingerprint density at radius 3 is 2.79 bits per heavy atom. The Hall–Kier alpha value is -2.61. The molecule has 1 saturated heterocycles. The van der Waals surface area contributed by atoms with Crippen LogP contribution in [0.25, 0.3) is 0 Å². The van der Waals surface area contributed by atoms with Crippen molar-refractivity contribution >= 4 is 39.2 Å².